The summed E-state index contributed by atoms with van der Waals surface area (Å²) in [7, 11) is 0. The predicted octanol–water partition coefficient (Wildman–Crippen LogP) is 1.03. The number of rotatable bonds is 5. The van der Waals surface area contributed by atoms with E-state index in [1.165, 1.54) is 6.20 Å². The number of hydrogen-bond acceptors (Lipinski definition) is 5. The van der Waals surface area contributed by atoms with Gasteiger partial charge in [-0.1, -0.05) is 6.07 Å². The molecule has 1 N–H and O–H groups in total. The largest absolute Gasteiger partial charge is 0.352 e. The summed E-state index contributed by atoms with van der Waals surface area (Å²) in [6, 6.07) is 9.19. The van der Waals surface area contributed by atoms with Crippen LogP contribution in [-0.2, 0) is 6.42 Å². The second-order valence-corrected chi connectivity index (χ2v) is 4.60. The van der Waals surface area contributed by atoms with Gasteiger partial charge in [0.05, 0.1) is 5.56 Å². The fraction of sp³-hybridized carbons (Fsp3) is 0.133. The van der Waals surface area contributed by atoms with E-state index < -0.39 is 0 Å². The van der Waals surface area contributed by atoms with Gasteiger partial charge in [0.1, 0.15) is 18.5 Å². The number of carbonyl (C=O) groups excluding carboxylic acids is 1. The van der Waals surface area contributed by atoms with Gasteiger partial charge in [0.15, 0.2) is 0 Å². The van der Waals surface area contributed by atoms with Crippen molar-refractivity contribution in [2.75, 3.05) is 6.54 Å². The molecule has 0 aromatic carbocycles. The topological polar surface area (TPSA) is 85.6 Å². The normalized spacial score (nSPS) is 10.4. The molecule has 7 heteroatoms. The summed E-state index contributed by atoms with van der Waals surface area (Å²) in [6.45, 7) is 0.531. The molecule has 3 heterocycles. The molecule has 3 rings (SSSR count). The molecule has 7 nitrogen and oxygen atoms in total. The minimum absolute atomic E-state index is 0.154. The van der Waals surface area contributed by atoms with Crippen LogP contribution in [0.25, 0.3) is 5.82 Å². The van der Waals surface area contributed by atoms with E-state index in [4.69, 9.17) is 0 Å². The molecule has 1 amide bonds. The highest BCUT2D eigenvalue weighted by atomic mass is 16.1. The zero-order chi connectivity index (χ0) is 15.2. The van der Waals surface area contributed by atoms with Crippen LogP contribution in [0.5, 0.6) is 0 Å². The molecular weight excluding hydrogens is 280 g/mol. The van der Waals surface area contributed by atoms with Gasteiger partial charge in [-0.15, -0.1) is 10.2 Å². The molecule has 0 radical (unpaired) electrons. The lowest BCUT2D eigenvalue weighted by Crippen LogP contribution is -2.26. The van der Waals surface area contributed by atoms with Crippen LogP contribution in [0.1, 0.15) is 16.1 Å². The van der Waals surface area contributed by atoms with Crippen molar-refractivity contribution in [2.24, 2.45) is 0 Å². The van der Waals surface area contributed by atoms with E-state index >= 15 is 0 Å². The molecular formula is C15H14N6O. The van der Waals surface area contributed by atoms with E-state index in [1.54, 1.807) is 35.6 Å². The number of pyridine rings is 2. The zero-order valence-electron chi connectivity index (χ0n) is 11.8. The molecule has 0 atom stereocenters. The van der Waals surface area contributed by atoms with Crippen LogP contribution in [-0.4, -0.2) is 37.2 Å². The van der Waals surface area contributed by atoms with Crippen LogP contribution in [0.3, 0.4) is 0 Å². The Morgan fingerprint density at radius 2 is 1.95 bits per heavy atom. The lowest BCUT2D eigenvalue weighted by molar-refractivity contribution is 0.0953. The average Bonchev–Trinajstić information content (AvgIpc) is 3.10. The van der Waals surface area contributed by atoms with Gasteiger partial charge in [0.25, 0.3) is 5.91 Å². The van der Waals surface area contributed by atoms with Gasteiger partial charge in [0, 0.05) is 31.1 Å². The first kappa shape index (κ1) is 13.9. The molecule has 0 spiro atoms. The van der Waals surface area contributed by atoms with Crippen LogP contribution in [0.15, 0.2) is 55.4 Å². The Labute approximate surface area is 127 Å². The molecule has 3 aromatic rings. The lowest BCUT2D eigenvalue weighted by atomic mass is 10.2. The quantitative estimate of drug-likeness (QED) is 0.759. The second kappa shape index (κ2) is 6.57. The molecule has 0 fully saturated rings. The minimum atomic E-state index is -0.154. The Morgan fingerprint density at radius 3 is 2.64 bits per heavy atom. The van der Waals surface area contributed by atoms with Gasteiger partial charge < -0.3 is 5.32 Å². The maximum Gasteiger partial charge on any atom is 0.252 e. The van der Waals surface area contributed by atoms with E-state index in [2.05, 4.69) is 25.5 Å². The third-order valence-electron chi connectivity index (χ3n) is 3.09. The predicted molar refractivity (Wildman–Crippen MR) is 79.4 cm³/mol. The summed E-state index contributed by atoms with van der Waals surface area (Å²) in [5, 5.41) is 10.3. The number of nitrogens with one attached hydrogen (secondary N) is 1. The van der Waals surface area contributed by atoms with Crippen molar-refractivity contribution in [2.45, 2.75) is 6.42 Å². The molecule has 0 unspecified atom stereocenters. The van der Waals surface area contributed by atoms with E-state index in [0.717, 1.165) is 5.69 Å². The zero-order valence-corrected chi connectivity index (χ0v) is 11.8. The van der Waals surface area contributed by atoms with Crippen molar-refractivity contribution >= 4 is 5.91 Å². The highest BCUT2D eigenvalue weighted by molar-refractivity contribution is 5.93. The first-order valence-electron chi connectivity index (χ1n) is 6.82. The minimum Gasteiger partial charge on any atom is -0.352 e. The van der Waals surface area contributed by atoms with Crippen LogP contribution in [0, 0.1) is 0 Å². The summed E-state index contributed by atoms with van der Waals surface area (Å²) in [5.41, 5.74) is 1.46. The Hall–Kier alpha value is -3.09. The highest BCUT2D eigenvalue weighted by Gasteiger charge is 2.06. The van der Waals surface area contributed by atoms with Crippen LogP contribution >= 0.6 is 0 Å². The van der Waals surface area contributed by atoms with Gasteiger partial charge in [-0.05, 0) is 24.3 Å². The summed E-state index contributed by atoms with van der Waals surface area (Å²) in [5.74, 6) is 0.508. The maximum atomic E-state index is 12.0. The molecule has 0 saturated heterocycles. The smallest absolute Gasteiger partial charge is 0.252 e. The molecule has 0 aliphatic rings. The van der Waals surface area contributed by atoms with E-state index in [-0.39, 0.29) is 5.91 Å². The van der Waals surface area contributed by atoms with Gasteiger partial charge in [-0.3, -0.25) is 14.3 Å². The standard InChI is InChI=1S/C15H14N6O/c22-15(17-8-6-13-3-1-2-7-16-13)12-4-5-14(18-9-12)21-10-19-20-11-21/h1-5,7,9-11H,6,8H2,(H,17,22). The molecule has 0 bridgehead atoms. The summed E-state index contributed by atoms with van der Waals surface area (Å²) >= 11 is 0. The van der Waals surface area contributed by atoms with E-state index in [0.29, 0.717) is 24.3 Å². The van der Waals surface area contributed by atoms with Crippen molar-refractivity contribution in [3.8, 4) is 5.82 Å². The van der Waals surface area contributed by atoms with E-state index in [9.17, 15) is 4.79 Å². The SMILES string of the molecule is O=C(NCCc1ccccn1)c1ccc(-n2cnnc2)nc1. The van der Waals surface area contributed by atoms with Crippen molar-refractivity contribution in [1.82, 2.24) is 30.0 Å². The Balaban J connectivity index is 1.56. The fourth-order valence-electron chi connectivity index (χ4n) is 1.94. The first-order valence-corrected chi connectivity index (χ1v) is 6.82. The Morgan fingerprint density at radius 1 is 1.09 bits per heavy atom. The highest BCUT2D eigenvalue weighted by Crippen LogP contribution is 2.04. The van der Waals surface area contributed by atoms with Crippen molar-refractivity contribution < 1.29 is 4.79 Å². The summed E-state index contributed by atoms with van der Waals surface area (Å²) in [4.78, 5) is 20.5. The van der Waals surface area contributed by atoms with Crippen molar-refractivity contribution in [1.29, 1.82) is 0 Å². The number of hydrogen-bond donors (Lipinski definition) is 1. The number of nitrogens with zero attached hydrogens (tertiary/aromatic N) is 5. The first-order chi connectivity index (χ1) is 10.8. The van der Waals surface area contributed by atoms with Crippen molar-refractivity contribution in [3.05, 3.63) is 66.6 Å². The Bertz CT molecular complexity index is 724. The second-order valence-electron chi connectivity index (χ2n) is 4.60. The average molecular weight is 294 g/mol. The van der Waals surface area contributed by atoms with Crippen LogP contribution < -0.4 is 5.32 Å². The fourth-order valence-corrected chi connectivity index (χ4v) is 1.94. The van der Waals surface area contributed by atoms with E-state index in [1.807, 2.05) is 18.2 Å². The van der Waals surface area contributed by atoms with Gasteiger partial charge >= 0.3 is 0 Å². The van der Waals surface area contributed by atoms with Crippen LogP contribution in [0.4, 0.5) is 0 Å². The summed E-state index contributed by atoms with van der Waals surface area (Å²) < 4.78 is 1.67. The number of carbonyl (C=O) groups is 1. The third kappa shape index (κ3) is 3.32. The maximum absolute atomic E-state index is 12.0. The lowest BCUT2D eigenvalue weighted by Gasteiger charge is -2.05. The molecule has 3 aromatic heterocycles. The van der Waals surface area contributed by atoms with Gasteiger partial charge in [-0.2, -0.15) is 0 Å². The van der Waals surface area contributed by atoms with Gasteiger partial charge in [0.2, 0.25) is 0 Å². The molecule has 0 saturated carbocycles. The Kier molecular flexibility index (Phi) is 4.15. The summed E-state index contributed by atoms with van der Waals surface area (Å²) in [6.07, 6.45) is 7.07. The number of amides is 1. The third-order valence-corrected chi connectivity index (χ3v) is 3.09. The van der Waals surface area contributed by atoms with Crippen molar-refractivity contribution in [3.63, 3.8) is 0 Å². The monoisotopic (exact) mass is 294 g/mol. The van der Waals surface area contributed by atoms with Crippen LogP contribution in [0.2, 0.25) is 0 Å². The molecule has 0 aliphatic carbocycles. The molecule has 110 valence electrons. The van der Waals surface area contributed by atoms with Gasteiger partial charge in [-0.25, -0.2) is 4.98 Å². The molecule has 22 heavy (non-hydrogen) atoms. The number of aromatic nitrogens is 5. The molecule has 0 aliphatic heterocycles.